The van der Waals surface area contributed by atoms with Gasteiger partial charge >= 0.3 is 5.97 Å². The van der Waals surface area contributed by atoms with Crippen molar-refractivity contribution >= 4 is 17.4 Å². The summed E-state index contributed by atoms with van der Waals surface area (Å²) < 4.78 is 6.95. The number of nitrogens with zero attached hydrogens (tertiary/aromatic N) is 1. The van der Waals surface area contributed by atoms with Crippen LogP contribution < -0.4 is 22.3 Å². The molecule has 0 amide bonds. The van der Waals surface area contributed by atoms with Crippen LogP contribution in [0.25, 0.3) is 11.1 Å². The van der Waals surface area contributed by atoms with E-state index in [9.17, 15) is 9.59 Å². The number of halogens is 1. The lowest BCUT2D eigenvalue weighted by atomic mass is 9.82. The minimum absolute atomic E-state index is 0. The molecule has 0 aliphatic carbocycles. The summed E-state index contributed by atoms with van der Waals surface area (Å²) in [6.45, 7) is 3.04. The van der Waals surface area contributed by atoms with Crippen LogP contribution in [0.15, 0.2) is 115 Å². The average molecular weight is 612 g/mol. The van der Waals surface area contributed by atoms with Crippen LogP contribution in [0.5, 0.6) is 0 Å². The van der Waals surface area contributed by atoms with Crippen LogP contribution in [0.3, 0.4) is 0 Å². The number of rotatable bonds is 9. The first-order valence-electron chi connectivity index (χ1n) is 14.2. The Morgan fingerprint density at radius 3 is 1.95 bits per heavy atom. The Balaban J connectivity index is 0.00000337. The molecule has 4 aromatic rings. The van der Waals surface area contributed by atoms with Crippen molar-refractivity contribution in [3.63, 3.8) is 0 Å². The zero-order valence-corrected chi connectivity index (χ0v) is 24.6. The summed E-state index contributed by atoms with van der Waals surface area (Å²) in [4.78, 5) is 27.1. The van der Waals surface area contributed by atoms with E-state index in [1.807, 2.05) is 103 Å². The second-order valence-electron chi connectivity index (χ2n) is 11.2. The van der Waals surface area contributed by atoms with Crippen LogP contribution >= 0.6 is 0 Å². The first kappa shape index (κ1) is 28.8. The van der Waals surface area contributed by atoms with Crippen molar-refractivity contribution in [2.24, 2.45) is 5.92 Å². The molecular formula is C35H35BrN2O3. The molecule has 0 radical (unpaired) electrons. The van der Waals surface area contributed by atoms with Crippen LogP contribution in [0.4, 0.5) is 5.69 Å². The summed E-state index contributed by atoms with van der Waals surface area (Å²) in [5.41, 5.74) is 4.73. The van der Waals surface area contributed by atoms with Crippen LogP contribution in [-0.2, 0) is 9.53 Å². The molecule has 0 saturated carbocycles. The number of quaternary nitrogens is 1. The number of carbonyl (C=O) groups excluding carboxylic acids is 2. The zero-order valence-electron chi connectivity index (χ0n) is 23.0. The molecule has 3 aliphatic heterocycles. The van der Waals surface area contributed by atoms with E-state index < -0.39 is 6.04 Å². The minimum atomic E-state index is -0.600. The molecule has 2 bridgehead atoms. The second-order valence-corrected chi connectivity index (χ2v) is 11.2. The predicted molar refractivity (Wildman–Crippen MR) is 158 cm³/mol. The molecule has 6 heteroatoms. The van der Waals surface area contributed by atoms with Crippen molar-refractivity contribution in [3.05, 3.63) is 126 Å². The lowest BCUT2D eigenvalue weighted by Crippen LogP contribution is -3.00. The third kappa shape index (κ3) is 6.61. The minimum Gasteiger partial charge on any atom is -1.00 e. The number of hydrogen-bond donors (Lipinski definition) is 1. The molecule has 3 saturated heterocycles. The summed E-state index contributed by atoms with van der Waals surface area (Å²) in [6.07, 6.45) is 1.76. The Morgan fingerprint density at radius 1 is 0.756 bits per heavy atom. The average Bonchev–Trinajstić information content (AvgIpc) is 3.01. The number of anilines is 1. The van der Waals surface area contributed by atoms with Crippen LogP contribution in [0, 0.1) is 5.92 Å². The van der Waals surface area contributed by atoms with Gasteiger partial charge in [-0.1, -0.05) is 103 Å². The van der Waals surface area contributed by atoms with Gasteiger partial charge in [-0.15, -0.1) is 0 Å². The Bertz CT molecular complexity index is 1440. The smallest absolute Gasteiger partial charge is 0.333 e. The van der Waals surface area contributed by atoms with E-state index in [1.165, 1.54) is 0 Å². The van der Waals surface area contributed by atoms with E-state index in [4.69, 9.17) is 4.74 Å². The van der Waals surface area contributed by atoms with Gasteiger partial charge < -0.3 is 31.5 Å². The molecule has 4 aromatic carbocycles. The van der Waals surface area contributed by atoms with Gasteiger partial charge in [-0.3, -0.25) is 4.79 Å². The molecule has 5 nitrogen and oxygen atoms in total. The molecule has 2 atom stereocenters. The van der Waals surface area contributed by atoms with Crippen LogP contribution in [-0.4, -0.2) is 48.5 Å². The molecule has 0 aromatic heterocycles. The molecule has 7 rings (SSSR count). The van der Waals surface area contributed by atoms with E-state index in [-0.39, 0.29) is 34.8 Å². The maximum absolute atomic E-state index is 13.6. The van der Waals surface area contributed by atoms with Crippen molar-refractivity contribution in [2.45, 2.75) is 25.0 Å². The third-order valence-electron chi connectivity index (χ3n) is 8.56. The molecule has 1 N–H and O–H groups in total. The van der Waals surface area contributed by atoms with Gasteiger partial charge in [-0.2, -0.15) is 0 Å². The van der Waals surface area contributed by atoms with E-state index >= 15 is 0 Å². The lowest BCUT2D eigenvalue weighted by molar-refractivity contribution is -0.938. The fraction of sp³-hybridized carbons (Fsp3) is 0.257. The van der Waals surface area contributed by atoms with Gasteiger partial charge in [-0.05, 0) is 28.8 Å². The Hall–Kier alpha value is -3.74. The first-order valence-corrected chi connectivity index (χ1v) is 14.2. The molecular weight excluding hydrogens is 576 g/mol. The molecule has 41 heavy (non-hydrogen) atoms. The monoisotopic (exact) mass is 610 g/mol. The van der Waals surface area contributed by atoms with Crippen LogP contribution in [0.1, 0.15) is 34.8 Å². The van der Waals surface area contributed by atoms with Crippen molar-refractivity contribution in [3.8, 4) is 11.1 Å². The zero-order chi connectivity index (χ0) is 27.4. The summed E-state index contributed by atoms with van der Waals surface area (Å²) >= 11 is 0. The number of ketones is 1. The molecule has 0 unspecified atom stereocenters. The number of piperidine rings is 3. The Kier molecular flexibility index (Phi) is 9.01. The number of para-hydroxylation sites is 1. The topological polar surface area (TPSA) is 55.4 Å². The summed E-state index contributed by atoms with van der Waals surface area (Å²) in [7, 11) is 0. The highest BCUT2D eigenvalue weighted by Crippen LogP contribution is 2.37. The highest BCUT2D eigenvalue weighted by molar-refractivity contribution is 5.97. The van der Waals surface area contributed by atoms with Gasteiger partial charge in [0, 0.05) is 30.0 Å². The molecule has 3 aliphatic rings. The molecule has 210 valence electrons. The van der Waals surface area contributed by atoms with Gasteiger partial charge in [0.05, 0.1) is 13.1 Å². The number of Topliss-reactive ketones (excluding diaryl/α,β-unsaturated/α-hetero) is 1. The normalized spacial score (nSPS) is 21.8. The Labute approximate surface area is 252 Å². The lowest BCUT2D eigenvalue weighted by Gasteiger charge is -2.51. The number of fused-ring (bicyclic) bond motifs is 3. The largest absolute Gasteiger partial charge is 1.00 e. The van der Waals surface area contributed by atoms with Gasteiger partial charge in [0.1, 0.15) is 13.1 Å². The number of esters is 1. The maximum Gasteiger partial charge on any atom is 0.333 e. The Morgan fingerprint density at radius 2 is 1.32 bits per heavy atom. The first-order chi connectivity index (χ1) is 19.6. The SMILES string of the molecule is O=C(C[N+]12CCC(CC1)[C@@H](OC(=O)[C@H](Nc1ccccc1)c1ccccc1)C2)c1ccc(-c2ccccc2)cc1.[Br-]. The van der Waals surface area contributed by atoms with E-state index in [0.717, 1.165) is 53.9 Å². The number of ether oxygens (including phenoxy) is 1. The summed E-state index contributed by atoms with van der Waals surface area (Å²) in [6, 6.07) is 37.0. The number of benzene rings is 4. The van der Waals surface area contributed by atoms with E-state index in [2.05, 4.69) is 17.4 Å². The molecule has 3 heterocycles. The highest BCUT2D eigenvalue weighted by Gasteiger charge is 2.49. The molecule has 3 fully saturated rings. The summed E-state index contributed by atoms with van der Waals surface area (Å²) in [5.74, 6) is 0.227. The predicted octanol–water partition coefficient (Wildman–Crippen LogP) is 3.55. The quantitative estimate of drug-likeness (QED) is 0.179. The van der Waals surface area contributed by atoms with Crippen molar-refractivity contribution in [2.75, 3.05) is 31.5 Å². The fourth-order valence-corrected chi connectivity index (χ4v) is 6.29. The van der Waals surface area contributed by atoms with Gasteiger partial charge in [0.15, 0.2) is 12.1 Å². The summed E-state index contributed by atoms with van der Waals surface area (Å²) in [5, 5.41) is 3.37. The van der Waals surface area contributed by atoms with Gasteiger partial charge in [0.2, 0.25) is 5.78 Å². The number of nitrogens with one attached hydrogen (secondary N) is 1. The van der Waals surface area contributed by atoms with Crippen molar-refractivity contribution in [1.82, 2.24) is 0 Å². The van der Waals surface area contributed by atoms with Crippen molar-refractivity contribution < 1.29 is 35.8 Å². The van der Waals surface area contributed by atoms with Gasteiger partial charge in [-0.25, -0.2) is 4.79 Å². The fourth-order valence-electron chi connectivity index (χ4n) is 6.29. The van der Waals surface area contributed by atoms with Crippen LogP contribution in [0.2, 0.25) is 0 Å². The maximum atomic E-state index is 13.6. The van der Waals surface area contributed by atoms with Gasteiger partial charge in [0.25, 0.3) is 0 Å². The highest BCUT2D eigenvalue weighted by atomic mass is 79.9. The molecule has 0 spiro atoms. The second kappa shape index (κ2) is 12.8. The van der Waals surface area contributed by atoms with E-state index in [0.29, 0.717) is 23.5 Å². The number of hydrogen-bond acceptors (Lipinski definition) is 4. The number of carbonyl (C=O) groups is 2. The van der Waals surface area contributed by atoms with Crippen molar-refractivity contribution in [1.29, 1.82) is 0 Å². The van der Waals surface area contributed by atoms with E-state index in [1.54, 1.807) is 0 Å². The standard InChI is InChI=1S/C35H35N2O3.BrH/c38-32(28-18-16-27(17-19-28)26-10-4-1-5-11-26)24-37-22-20-29(21-23-37)33(25-37)40-35(39)34(30-12-6-2-7-13-30)36-31-14-8-3-9-15-31;/h1-19,29,33-34,36H,20-25H2;1H/q+1;/p-1/t29?,33-,34+,37?;/m0./s1. The third-order valence-corrected chi connectivity index (χ3v) is 8.56.